The highest BCUT2D eigenvalue weighted by atomic mass is 35.5. The summed E-state index contributed by atoms with van der Waals surface area (Å²) in [6.07, 6.45) is 0. The number of hydrogen-bond donors (Lipinski definition) is 1. The van der Waals surface area contributed by atoms with Crippen LogP contribution < -0.4 is 5.43 Å². The second kappa shape index (κ2) is 5.84. The van der Waals surface area contributed by atoms with Crippen molar-refractivity contribution >= 4 is 29.1 Å². The Labute approximate surface area is 116 Å². The fraction of sp³-hybridized carbons (Fsp3) is 0.455. The molecule has 7 heteroatoms. The number of nitrogens with one attached hydrogen (secondary N) is 1. The molecule has 0 aliphatic carbocycles. The zero-order valence-corrected chi connectivity index (χ0v) is 11.5. The van der Waals surface area contributed by atoms with Crippen LogP contribution in [-0.2, 0) is 0 Å². The number of carbonyl (C=O) groups excluding carboxylic acids is 1. The number of rotatable bonds is 2. The van der Waals surface area contributed by atoms with Gasteiger partial charge in [0.2, 0.25) is 0 Å². The van der Waals surface area contributed by atoms with Crippen LogP contribution in [0.3, 0.4) is 0 Å². The first-order chi connectivity index (χ1) is 8.56. The van der Waals surface area contributed by atoms with Crippen molar-refractivity contribution in [3.8, 4) is 0 Å². The molecule has 1 saturated heterocycles. The van der Waals surface area contributed by atoms with Gasteiger partial charge in [-0.05, 0) is 19.2 Å². The highest BCUT2D eigenvalue weighted by molar-refractivity contribution is 6.34. The first kappa shape index (κ1) is 13.5. The summed E-state index contributed by atoms with van der Waals surface area (Å²) in [6, 6.07) is 3.12. The third-order valence-electron chi connectivity index (χ3n) is 2.79. The predicted octanol–water partition coefficient (Wildman–Crippen LogP) is 1.28. The number of likely N-dealkylation sites (N-methyl/N-ethyl adjacent to an activating group) is 1. The highest BCUT2D eigenvalue weighted by Crippen LogP contribution is 2.16. The van der Waals surface area contributed by atoms with E-state index < -0.39 is 0 Å². The van der Waals surface area contributed by atoms with E-state index >= 15 is 0 Å². The molecule has 2 heterocycles. The summed E-state index contributed by atoms with van der Waals surface area (Å²) < 4.78 is 0. The molecule has 18 heavy (non-hydrogen) atoms. The number of carbonyl (C=O) groups is 1. The highest BCUT2D eigenvalue weighted by Gasteiger charge is 2.19. The van der Waals surface area contributed by atoms with E-state index in [0.29, 0.717) is 5.02 Å². The Morgan fingerprint density at radius 1 is 1.28 bits per heavy atom. The maximum absolute atomic E-state index is 12.0. The number of amides is 1. The minimum absolute atomic E-state index is 0.156. The Morgan fingerprint density at radius 3 is 2.61 bits per heavy atom. The molecular weight excluding hydrogens is 275 g/mol. The van der Waals surface area contributed by atoms with Crippen LogP contribution in [0.25, 0.3) is 0 Å². The molecule has 0 bridgehead atoms. The SMILES string of the molecule is CN1CCN(NC(=O)c2nc(Cl)ccc2Cl)CC1. The quantitative estimate of drug-likeness (QED) is 0.833. The molecule has 1 aromatic heterocycles. The molecule has 1 aromatic rings. The lowest BCUT2D eigenvalue weighted by atomic mass is 10.3. The van der Waals surface area contributed by atoms with Crippen LogP contribution in [0.15, 0.2) is 12.1 Å². The Bertz CT molecular complexity index is 447. The Balaban J connectivity index is 2.01. The summed E-state index contributed by atoms with van der Waals surface area (Å²) in [5.74, 6) is -0.327. The van der Waals surface area contributed by atoms with Gasteiger partial charge in [0.25, 0.3) is 5.91 Å². The van der Waals surface area contributed by atoms with E-state index in [4.69, 9.17) is 23.2 Å². The van der Waals surface area contributed by atoms with E-state index in [2.05, 4.69) is 22.4 Å². The zero-order chi connectivity index (χ0) is 13.1. The van der Waals surface area contributed by atoms with Gasteiger partial charge in [0, 0.05) is 26.2 Å². The van der Waals surface area contributed by atoms with Crippen molar-refractivity contribution in [1.29, 1.82) is 0 Å². The summed E-state index contributed by atoms with van der Waals surface area (Å²) in [5.41, 5.74) is 2.94. The molecule has 0 spiro atoms. The average molecular weight is 289 g/mol. The second-order valence-corrected chi connectivity index (χ2v) is 4.99. The van der Waals surface area contributed by atoms with Gasteiger partial charge in [-0.25, -0.2) is 9.99 Å². The van der Waals surface area contributed by atoms with Crippen molar-refractivity contribution in [2.24, 2.45) is 0 Å². The smallest absolute Gasteiger partial charge is 0.285 e. The largest absolute Gasteiger partial charge is 0.304 e. The van der Waals surface area contributed by atoms with Crippen LogP contribution in [0.5, 0.6) is 0 Å². The third-order valence-corrected chi connectivity index (χ3v) is 3.31. The summed E-state index contributed by atoms with van der Waals surface area (Å²) in [6.45, 7) is 3.38. The van der Waals surface area contributed by atoms with Crippen molar-refractivity contribution in [3.63, 3.8) is 0 Å². The molecule has 0 aromatic carbocycles. The Hall–Kier alpha value is -0.880. The topological polar surface area (TPSA) is 48.5 Å². The van der Waals surface area contributed by atoms with E-state index in [1.165, 1.54) is 0 Å². The fourth-order valence-corrected chi connectivity index (χ4v) is 2.03. The summed E-state index contributed by atoms with van der Waals surface area (Å²) in [7, 11) is 2.05. The van der Waals surface area contributed by atoms with Crippen LogP contribution in [0.2, 0.25) is 10.2 Å². The maximum Gasteiger partial charge on any atom is 0.285 e. The second-order valence-electron chi connectivity index (χ2n) is 4.20. The van der Waals surface area contributed by atoms with Gasteiger partial charge in [0.15, 0.2) is 0 Å². The number of halogens is 2. The fourth-order valence-electron chi connectivity index (χ4n) is 1.69. The molecule has 2 rings (SSSR count). The Morgan fingerprint density at radius 2 is 1.94 bits per heavy atom. The normalized spacial score (nSPS) is 17.7. The van der Waals surface area contributed by atoms with E-state index in [1.54, 1.807) is 12.1 Å². The van der Waals surface area contributed by atoms with Gasteiger partial charge in [0.05, 0.1) is 5.02 Å². The molecule has 1 amide bonds. The average Bonchev–Trinajstić information content (AvgIpc) is 2.35. The summed E-state index contributed by atoms with van der Waals surface area (Å²) in [4.78, 5) is 18.1. The van der Waals surface area contributed by atoms with Gasteiger partial charge in [0.1, 0.15) is 10.8 Å². The molecule has 98 valence electrons. The van der Waals surface area contributed by atoms with Gasteiger partial charge in [-0.15, -0.1) is 0 Å². The van der Waals surface area contributed by atoms with Crippen molar-refractivity contribution in [3.05, 3.63) is 28.0 Å². The number of hydrogen-bond acceptors (Lipinski definition) is 4. The standard InChI is InChI=1S/C11H14Cl2N4O/c1-16-4-6-17(7-5-16)15-11(18)10-8(12)2-3-9(13)14-10/h2-3H,4-7H2,1H3,(H,15,18). The van der Waals surface area contributed by atoms with Crippen molar-refractivity contribution in [2.45, 2.75) is 0 Å². The minimum atomic E-state index is -0.327. The molecular formula is C11H14Cl2N4O. The van der Waals surface area contributed by atoms with Crippen LogP contribution in [-0.4, -0.2) is 54.0 Å². The molecule has 1 fully saturated rings. The van der Waals surface area contributed by atoms with Crippen LogP contribution in [0.4, 0.5) is 0 Å². The van der Waals surface area contributed by atoms with Crippen LogP contribution in [0, 0.1) is 0 Å². The van der Waals surface area contributed by atoms with Gasteiger partial charge < -0.3 is 4.90 Å². The minimum Gasteiger partial charge on any atom is -0.304 e. The van der Waals surface area contributed by atoms with Crippen molar-refractivity contribution in [2.75, 3.05) is 33.2 Å². The zero-order valence-electron chi connectivity index (χ0n) is 9.99. The molecule has 0 saturated carbocycles. The molecule has 0 unspecified atom stereocenters. The van der Waals surface area contributed by atoms with E-state index in [0.717, 1.165) is 26.2 Å². The van der Waals surface area contributed by atoms with Gasteiger partial charge >= 0.3 is 0 Å². The van der Waals surface area contributed by atoms with Crippen molar-refractivity contribution < 1.29 is 4.79 Å². The lowest BCUT2D eigenvalue weighted by Crippen LogP contribution is -2.52. The summed E-state index contributed by atoms with van der Waals surface area (Å²) in [5, 5.41) is 2.41. The van der Waals surface area contributed by atoms with Crippen LogP contribution >= 0.6 is 23.2 Å². The third kappa shape index (κ3) is 3.32. The van der Waals surface area contributed by atoms with E-state index in [1.807, 2.05) is 5.01 Å². The van der Waals surface area contributed by atoms with Gasteiger partial charge in [-0.1, -0.05) is 23.2 Å². The number of hydrazine groups is 1. The lowest BCUT2D eigenvalue weighted by Gasteiger charge is -2.32. The molecule has 0 atom stereocenters. The Kier molecular flexibility index (Phi) is 4.40. The van der Waals surface area contributed by atoms with Gasteiger partial charge in [-0.2, -0.15) is 0 Å². The lowest BCUT2D eigenvalue weighted by molar-refractivity contribution is 0.0658. The van der Waals surface area contributed by atoms with Crippen molar-refractivity contribution in [1.82, 2.24) is 20.3 Å². The number of piperazine rings is 1. The molecule has 1 aliphatic heterocycles. The molecule has 1 aliphatic rings. The number of aromatic nitrogens is 1. The molecule has 1 N–H and O–H groups in total. The number of pyridine rings is 1. The molecule has 0 radical (unpaired) electrons. The molecule has 5 nitrogen and oxygen atoms in total. The first-order valence-corrected chi connectivity index (χ1v) is 6.38. The maximum atomic E-state index is 12.0. The predicted molar refractivity (Wildman–Crippen MR) is 70.8 cm³/mol. The monoisotopic (exact) mass is 288 g/mol. The first-order valence-electron chi connectivity index (χ1n) is 5.63. The van der Waals surface area contributed by atoms with E-state index in [-0.39, 0.29) is 16.8 Å². The van der Waals surface area contributed by atoms with E-state index in [9.17, 15) is 4.79 Å². The number of nitrogens with zero attached hydrogens (tertiary/aromatic N) is 3. The van der Waals surface area contributed by atoms with Gasteiger partial charge in [-0.3, -0.25) is 10.2 Å². The van der Waals surface area contributed by atoms with Crippen LogP contribution in [0.1, 0.15) is 10.5 Å². The summed E-state index contributed by atoms with van der Waals surface area (Å²) >= 11 is 11.7.